The second kappa shape index (κ2) is 4.43. The summed E-state index contributed by atoms with van der Waals surface area (Å²) in [5, 5.41) is 18.3. The quantitative estimate of drug-likeness (QED) is 0.779. The van der Waals surface area contributed by atoms with Crippen LogP contribution < -0.4 is 5.73 Å². The predicted molar refractivity (Wildman–Crippen MR) is 54.8 cm³/mol. The van der Waals surface area contributed by atoms with Crippen LogP contribution in [0.25, 0.3) is 0 Å². The summed E-state index contributed by atoms with van der Waals surface area (Å²) in [5.74, 6) is 0. The Bertz CT molecular complexity index is 371. The molecule has 74 valence electrons. The minimum Gasteiger partial charge on any atom is -0.391 e. The van der Waals surface area contributed by atoms with Gasteiger partial charge >= 0.3 is 0 Å². The fourth-order valence-electron chi connectivity index (χ4n) is 1.15. The number of benzene rings is 1. The zero-order valence-corrected chi connectivity index (χ0v) is 8.49. The standard InChI is InChI=1S/C10H11ClN2O/c1-6(14)10(13)8-4-2-3-7(5-12)9(8)11/h2-4,6,10,14H,13H2,1H3/t6-,10-/m0/s1. The van der Waals surface area contributed by atoms with Gasteiger partial charge in [0.25, 0.3) is 0 Å². The maximum absolute atomic E-state index is 9.30. The number of hydrogen-bond acceptors (Lipinski definition) is 3. The molecule has 0 aliphatic heterocycles. The molecule has 0 spiro atoms. The molecule has 0 unspecified atom stereocenters. The molecule has 0 amide bonds. The predicted octanol–water partition coefficient (Wildman–Crippen LogP) is 1.59. The number of aliphatic hydroxyl groups is 1. The molecular formula is C10H11ClN2O. The van der Waals surface area contributed by atoms with Crippen LogP contribution in [0.15, 0.2) is 18.2 Å². The fraction of sp³-hybridized carbons (Fsp3) is 0.300. The van der Waals surface area contributed by atoms with E-state index in [4.69, 9.17) is 22.6 Å². The number of rotatable bonds is 2. The summed E-state index contributed by atoms with van der Waals surface area (Å²) in [6, 6.07) is 6.42. The lowest BCUT2D eigenvalue weighted by molar-refractivity contribution is 0.164. The van der Waals surface area contributed by atoms with Gasteiger partial charge in [-0.1, -0.05) is 23.7 Å². The van der Waals surface area contributed by atoms with Crippen molar-refractivity contribution in [2.45, 2.75) is 19.1 Å². The zero-order chi connectivity index (χ0) is 10.7. The highest BCUT2D eigenvalue weighted by atomic mass is 35.5. The largest absolute Gasteiger partial charge is 0.391 e. The summed E-state index contributed by atoms with van der Waals surface area (Å²) in [6.45, 7) is 1.58. The second-order valence-corrected chi connectivity index (χ2v) is 3.46. The van der Waals surface area contributed by atoms with Gasteiger partial charge in [-0.25, -0.2) is 0 Å². The van der Waals surface area contributed by atoms with Crippen LogP contribution in [0, 0.1) is 11.3 Å². The summed E-state index contributed by atoms with van der Waals surface area (Å²) in [4.78, 5) is 0. The third kappa shape index (κ3) is 2.05. The molecule has 0 saturated carbocycles. The van der Waals surface area contributed by atoms with Gasteiger partial charge in [0.15, 0.2) is 0 Å². The first kappa shape index (κ1) is 11.0. The number of nitrogens with two attached hydrogens (primary N) is 1. The summed E-state index contributed by atoms with van der Waals surface area (Å²) in [5.41, 5.74) is 6.69. The monoisotopic (exact) mass is 210 g/mol. The maximum atomic E-state index is 9.30. The molecule has 0 bridgehead atoms. The number of nitrogens with zero attached hydrogens (tertiary/aromatic N) is 1. The van der Waals surface area contributed by atoms with Gasteiger partial charge in [-0.3, -0.25) is 0 Å². The van der Waals surface area contributed by atoms with Crippen LogP contribution in [-0.2, 0) is 0 Å². The molecule has 3 N–H and O–H groups in total. The molecule has 1 aromatic carbocycles. The van der Waals surface area contributed by atoms with E-state index < -0.39 is 12.1 Å². The molecule has 0 saturated heterocycles. The van der Waals surface area contributed by atoms with E-state index in [1.165, 1.54) is 0 Å². The van der Waals surface area contributed by atoms with Crippen molar-refractivity contribution < 1.29 is 5.11 Å². The minimum absolute atomic E-state index is 0.323. The van der Waals surface area contributed by atoms with Crippen molar-refractivity contribution in [1.29, 1.82) is 5.26 Å². The summed E-state index contributed by atoms with van der Waals surface area (Å²) < 4.78 is 0. The number of nitriles is 1. The molecule has 2 atom stereocenters. The van der Waals surface area contributed by atoms with Gasteiger partial charge in [0.05, 0.1) is 22.7 Å². The van der Waals surface area contributed by atoms with Crippen LogP contribution in [-0.4, -0.2) is 11.2 Å². The first-order chi connectivity index (χ1) is 6.57. The Morgan fingerprint density at radius 2 is 2.21 bits per heavy atom. The van der Waals surface area contributed by atoms with E-state index in [9.17, 15) is 5.11 Å². The van der Waals surface area contributed by atoms with E-state index in [0.29, 0.717) is 16.1 Å². The number of halogens is 1. The van der Waals surface area contributed by atoms with Crippen molar-refractivity contribution in [1.82, 2.24) is 0 Å². The van der Waals surface area contributed by atoms with Crippen molar-refractivity contribution in [2.24, 2.45) is 5.73 Å². The van der Waals surface area contributed by atoms with E-state index >= 15 is 0 Å². The Morgan fingerprint density at radius 1 is 1.57 bits per heavy atom. The molecule has 0 fully saturated rings. The number of hydrogen-bond donors (Lipinski definition) is 2. The van der Waals surface area contributed by atoms with Gasteiger partial charge in [0.1, 0.15) is 6.07 Å². The highest BCUT2D eigenvalue weighted by Crippen LogP contribution is 2.26. The van der Waals surface area contributed by atoms with Gasteiger partial charge in [-0.2, -0.15) is 5.26 Å². The lowest BCUT2D eigenvalue weighted by Crippen LogP contribution is -2.23. The Hall–Kier alpha value is -1.08. The fourth-order valence-corrected chi connectivity index (χ4v) is 1.45. The Morgan fingerprint density at radius 3 is 2.71 bits per heavy atom. The van der Waals surface area contributed by atoms with Crippen LogP contribution in [0.1, 0.15) is 24.1 Å². The van der Waals surface area contributed by atoms with Crippen molar-refractivity contribution in [3.8, 4) is 6.07 Å². The van der Waals surface area contributed by atoms with Gasteiger partial charge in [0.2, 0.25) is 0 Å². The Labute approximate surface area is 87.7 Å². The van der Waals surface area contributed by atoms with Crippen LogP contribution in [0.4, 0.5) is 0 Å². The van der Waals surface area contributed by atoms with E-state index in [1.807, 2.05) is 6.07 Å². The van der Waals surface area contributed by atoms with Gasteiger partial charge in [-0.15, -0.1) is 0 Å². The molecule has 0 aromatic heterocycles. The van der Waals surface area contributed by atoms with Gasteiger partial charge < -0.3 is 10.8 Å². The summed E-state index contributed by atoms with van der Waals surface area (Å²) >= 11 is 5.93. The topological polar surface area (TPSA) is 70.0 Å². The SMILES string of the molecule is C[C@H](O)[C@H](N)c1cccc(C#N)c1Cl. The Balaban J connectivity index is 3.17. The Kier molecular flexibility index (Phi) is 3.48. The van der Waals surface area contributed by atoms with Crippen LogP contribution in [0.2, 0.25) is 5.02 Å². The zero-order valence-electron chi connectivity index (χ0n) is 7.74. The summed E-state index contributed by atoms with van der Waals surface area (Å²) in [6.07, 6.45) is -0.693. The molecule has 0 aliphatic carbocycles. The van der Waals surface area contributed by atoms with Crippen molar-refractivity contribution >= 4 is 11.6 Å². The summed E-state index contributed by atoms with van der Waals surface area (Å²) in [7, 11) is 0. The van der Waals surface area contributed by atoms with E-state index in [1.54, 1.807) is 25.1 Å². The average molecular weight is 211 g/mol. The lowest BCUT2D eigenvalue weighted by atomic mass is 10.0. The van der Waals surface area contributed by atoms with Gasteiger partial charge in [-0.05, 0) is 18.6 Å². The van der Waals surface area contributed by atoms with Crippen molar-refractivity contribution in [3.63, 3.8) is 0 Å². The van der Waals surface area contributed by atoms with Crippen LogP contribution >= 0.6 is 11.6 Å². The van der Waals surface area contributed by atoms with Crippen LogP contribution in [0.5, 0.6) is 0 Å². The third-order valence-electron chi connectivity index (χ3n) is 2.03. The van der Waals surface area contributed by atoms with Crippen molar-refractivity contribution in [3.05, 3.63) is 34.3 Å². The average Bonchev–Trinajstić information content (AvgIpc) is 2.17. The van der Waals surface area contributed by atoms with E-state index in [0.717, 1.165) is 0 Å². The molecule has 14 heavy (non-hydrogen) atoms. The van der Waals surface area contributed by atoms with E-state index in [2.05, 4.69) is 0 Å². The van der Waals surface area contributed by atoms with Crippen molar-refractivity contribution in [2.75, 3.05) is 0 Å². The molecule has 0 radical (unpaired) electrons. The second-order valence-electron chi connectivity index (χ2n) is 3.09. The number of aliphatic hydroxyl groups excluding tert-OH is 1. The van der Waals surface area contributed by atoms with Crippen LogP contribution in [0.3, 0.4) is 0 Å². The third-order valence-corrected chi connectivity index (χ3v) is 2.45. The molecule has 1 aromatic rings. The highest BCUT2D eigenvalue weighted by molar-refractivity contribution is 6.32. The normalized spacial score (nSPS) is 14.5. The first-order valence-electron chi connectivity index (χ1n) is 4.20. The highest BCUT2D eigenvalue weighted by Gasteiger charge is 2.16. The van der Waals surface area contributed by atoms with Gasteiger partial charge in [0, 0.05) is 0 Å². The molecule has 4 heteroatoms. The van der Waals surface area contributed by atoms with E-state index in [-0.39, 0.29) is 0 Å². The molecular weight excluding hydrogens is 200 g/mol. The maximum Gasteiger partial charge on any atom is 0.101 e. The smallest absolute Gasteiger partial charge is 0.101 e. The minimum atomic E-state index is -0.693. The first-order valence-corrected chi connectivity index (χ1v) is 4.58. The lowest BCUT2D eigenvalue weighted by Gasteiger charge is -2.16. The molecule has 3 nitrogen and oxygen atoms in total. The molecule has 0 aliphatic rings. The molecule has 1 rings (SSSR count). The molecule has 0 heterocycles.